The molecule has 0 unspecified atom stereocenters. The maximum absolute atomic E-state index is 14.5. The van der Waals surface area contributed by atoms with Crippen molar-refractivity contribution in [2.24, 2.45) is 5.92 Å². The molecule has 3 aromatic rings. The minimum absolute atomic E-state index is 0.0485. The monoisotopic (exact) mass is 519 g/mol. The van der Waals surface area contributed by atoms with Gasteiger partial charge in [0.1, 0.15) is 22.3 Å². The predicted molar refractivity (Wildman–Crippen MR) is 128 cm³/mol. The molecule has 1 aliphatic heterocycles. The molecule has 0 bridgehead atoms. The Morgan fingerprint density at radius 3 is 2.47 bits per heavy atom. The van der Waals surface area contributed by atoms with E-state index >= 15 is 0 Å². The molecular formula is C24H24F3N5O3S. The van der Waals surface area contributed by atoms with Crippen molar-refractivity contribution in [3.05, 3.63) is 65.6 Å². The lowest BCUT2D eigenvalue weighted by Gasteiger charge is -2.34. The van der Waals surface area contributed by atoms with Crippen LogP contribution in [-0.2, 0) is 10.0 Å². The number of nitrogens with zero attached hydrogens (tertiary/aromatic N) is 3. The van der Waals surface area contributed by atoms with E-state index in [1.54, 1.807) is 0 Å². The third-order valence-electron chi connectivity index (χ3n) is 6.05. The highest BCUT2D eigenvalue weighted by Crippen LogP contribution is 2.38. The quantitative estimate of drug-likeness (QED) is 0.491. The van der Waals surface area contributed by atoms with Gasteiger partial charge in [0.05, 0.1) is 11.3 Å². The normalized spacial score (nSPS) is 17.3. The number of benzene rings is 1. The molecule has 1 saturated heterocycles. The maximum atomic E-state index is 14.5. The molecule has 0 spiro atoms. The van der Waals surface area contributed by atoms with Gasteiger partial charge in [-0.05, 0) is 56.5 Å². The number of carbonyl (C=O) groups is 1. The molecule has 1 fully saturated rings. The molecule has 0 saturated carbocycles. The van der Waals surface area contributed by atoms with Crippen LogP contribution in [0.4, 0.5) is 24.8 Å². The van der Waals surface area contributed by atoms with Gasteiger partial charge >= 0.3 is 0 Å². The van der Waals surface area contributed by atoms with E-state index < -0.39 is 38.9 Å². The van der Waals surface area contributed by atoms with Crippen molar-refractivity contribution >= 4 is 27.6 Å². The highest BCUT2D eigenvalue weighted by Gasteiger charge is 2.39. The Bertz CT molecular complexity index is 1460. The first-order valence-electron chi connectivity index (χ1n) is 11.0. The highest BCUT2D eigenvalue weighted by atomic mass is 32.2. The third-order valence-corrected chi connectivity index (χ3v) is 7.43. The average Bonchev–Trinajstić information content (AvgIpc) is 3.07. The van der Waals surface area contributed by atoms with Crippen LogP contribution < -0.4 is 15.4 Å². The Morgan fingerprint density at radius 1 is 1.14 bits per heavy atom. The molecule has 8 nitrogen and oxygen atoms in total. The highest BCUT2D eigenvalue weighted by molar-refractivity contribution is 7.90. The molecule has 1 amide bonds. The summed E-state index contributed by atoms with van der Waals surface area (Å²) in [7, 11) is -4.38. The van der Waals surface area contributed by atoms with E-state index in [1.807, 2.05) is 30.4 Å². The van der Waals surface area contributed by atoms with Crippen LogP contribution in [0.5, 0.6) is 0 Å². The van der Waals surface area contributed by atoms with E-state index in [0.29, 0.717) is 18.7 Å². The number of carbonyl (C=O) groups excluding carboxylic acids is 1. The molecule has 190 valence electrons. The zero-order chi connectivity index (χ0) is 26.4. The first kappa shape index (κ1) is 25.4. The summed E-state index contributed by atoms with van der Waals surface area (Å²) in [6, 6.07) is 6.18. The molecule has 12 heteroatoms. The SMILES string of the molecule is C[C@@H]1CN(c2nc(-c3cc(F)c(F)cc3F)ccc2C(=O)NS(=O)(=O)c2cccnc2N)C(C)(C)C1. The van der Waals surface area contributed by atoms with Crippen molar-refractivity contribution in [3.63, 3.8) is 0 Å². The van der Waals surface area contributed by atoms with Gasteiger partial charge < -0.3 is 10.6 Å². The minimum atomic E-state index is -4.38. The summed E-state index contributed by atoms with van der Waals surface area (Å²) in [6.07, 6.45) is 2.05. The lowest BCUT2D eigenvalue weighted by molar-refractivity contribution is 0.0981. The van der Waals surface area contributed by atoms with Crippen molar-refractivity contribution in [2.75, 3.05) is 17.2 Å². The third kappa shape index (κ3) is 4.72. The van der Waals surface area contributed by atoms with Crippen LogP contribution in [0.1, 0.15) is 37.6 Å². The number of halogens is 3. The van der Waals surface area contributed by atoms with E-state index in [-0.39, 0.29) is 39.3 Å². The first-order valence-corrected chi connectivity index (χ1v) is 12.5. The summed E-state index contributed by atoms with van der Waals surface area (Å²) < 4.78 is 69.5. The summed E-state index contributed by atoms with van der Waals surface area (Å²) >= 11 is 0. The fraction of sp³-hybridized carbons (Fsp3) is 0.292. The van der Waals surface area contributed by atoms with Gasteiger partial charge in [-0.2, -0.15) is 0 Å². The van der Waals surface area contributed by atoms with Gasteiger partial charge in [-0.1, -0.05) is 6.92 Å². The van der Waals surface area contributed by atoms with Crippen LogP contribution in [0, 0.1) is 23.4 Å². The molecular weight excluding hydrogens is 495 g/mol. The van der Waals surface area contributed by atoms with Gasteiger partial charge in [0.25, 0.3) is 15.9 Å². The number of hydrogen-bond donors (Lipinski definition) is 2. The van der Waals surface area contributed by atoms with E-state index in [2.05, 4.69) is 9.97 Å². The lowest BCUT2D eigenvalue weighted by atomic mass is 9.97. The Hall–Kier alpha value is -3.67. The molecule has 2 aromatic heterocycles. The second-order valence-corrected chi connectivity index (χ2v) is 11.0. The van der Waals surface area contributed by atoms with Crippen LogP contribution in [0.25, 0.3) is 11.3 Å². The molecule has 3 N–H and O–H groups in total. The number of rotatable bonds is 5. The van der Waals surface area contributed by atoms with Crippen LogP contribution in [0.3, 0.4) is 0 Å². The Labute approximate surface area is 206 Å². The Kier molecular flexibility index (Phi) is 6.41. The van der Waals surface area contributed by atoms with Gasteiger partial charge in [0.2, 0.25) is 0 Å². The molecule has 1 atom stereocenters. The van der Waals surface area contributed by atoms with E-state index in [1.165, 1.54) is 30.5 Å². The zero-order valence-electron chi connectivity index (χ0n) is 19.7. The predicted octanol–water partition coefficient (Wildman–Crippen LogP) is 3.89. The fourth-order valence-electron chi connectivity index (χ4n) is 4.52. The van der Waals surface area contributed by atoms with E-state index in [9.17, 15) is 26.4 Å². The Balaban J connectivity index is 1.82. The van der Waals surface area contributed by atoms with Crippen LogP contribution >= 0.6 is 0 Å². The minimum Gasteiger partial charge on any atom is -0.383 e. The lowest BCUT2D eigenvalue weighted by Crippen LogP contribution is -2.41. The van der Waals surface area contributed by atoms with Gasteiger partial charge in [0, 0.05) is 29.9 Å². The van der Waals surface area contributed by atoms with Crippen LogP contribution in [-0.4, -0.2) is 36.4 Å². The smallest absolute Gasteiger partial charge is 0.268 e. The number of nitrogens with two attached hydrogens (primary N) is 1. The summed E-state index contributed by atoms with van der Waals surface area (Å²) in [5.41, 5.74) is 4.73. The number of anilines is 2. The number of pyridine rings is 2. The molecule has 36 heavy (non-hydrogen) atoms. The van der Waals surface area contributed by atoms with Gasteiger partial charge in [-0.25, -0.2) is 36.3 Å². The second kappa shape index (κ2) is 9.08. The van der Waals surface area contributed by atoms with Crippen molar-refractivity contribution in [2.45, 2.75) is 37.6 Å². The number of hydrogen-bond acceptors (Lipinski definition) is 7. The summed E-state index contributed by atoms with van der Waals surface area (Å²) in [5.74, 6) is -4.62. The number of nitrogens with one attached hydrogen (secondary N) is 1. The number of nitrogen functional groups attached to an aromatic ring is 1. The molecule has 3 heterocycles. The molecule has 4 rings (SSSR count). The van der Waals surface area contributed by atoms with Crippen molar-refractivity contribution in [3.8, 4) is 11.3 Å². The maximum Gasteiger partial charge on any atom is 0.268 e. The topological polar surface area (TPSA) is 118 Å². The number of sulfonamides is 1. The van der Waals surface area contributed by atoms with Crippen LogP contribution in [0.15, 0.2) is 47.5 Å². The van der Waals surface area contributed by atoms with Crippen molar-refractivity contribution in [1.82, 2.24) is 14.7 Å². The van der Waals surface area contributed by atoms with Crippen molar-refractivity contribution < 1.29 is 26.4 Å². The summed E-state index contributed by atoms with van der Waals surface area (Å²) in [5, 5.41) is 0. The summed E-state index contributed by atoms with van der Waals surface area (Å²) in [6.45, 7) is 6.35. The van der Waals surface area contributed by atoms with E-state index in [0.717, 1.165) is 6.42 Å². The largest absolute Gasteiger partial charge is 0.383 e. The Morgan fingerprint density at radius 2 is 1.83 bits per heavy atom. The summed E-state index contributed by atoms with van der Waals surface area (Å²) in [4.78, 5) is 22.8. The number of aromatic nitrogens is 2. The molecule has 1 aliphatic rings. The first-order chi connectivity index (χ1) is 16.8. The van der Waals surface area contributed by atoms with Gasteiger partial charge in [-0.3, -0.25) is 4.79 Å². The van der Waals surface area contributed by atoms with Gasteiger partial charge in [-0.15, -0.1) is 0 Å². The average molecular weight is 520 g/mol. The molecule has 0 aliphatic carbocycles. The van der Waals surface area contributed by atoms with Gasteiger partial charge in [0.15, 0.2) is 11.6 Å². The molecule has 0 radical (unpaired) electrons. The molecule has 1 aromatic carbocycles. The fourth-order valence-corrected chi connectivity index (χ4v) is 5.57. The van der Waals surface area contributed by atoms with Crippen molar-refractivity contribution in [1.29, 1.82) is 0 Å². The zero-order valence-corrected chi connectivity index (χ0v) is 20.5. The standard InChI is InChI=1S/C24H24F3N5O3S/c1-13-11-24(2,3)32(12-13)22-14(23(33)31-36(34,35)20-5-4-8-29-21(20)28)6-7-19(30-22)15-9-17(26)18(27)10-16(15)25/h4-10,13H,11-12H2,1-3H3,(H2,28,29)(H,31,33)/t13-/m0/s1. The number of amides is 1. The second-order valence-electron chi connectivity index (χ2n) is 9.37. The van der Waals surface area contributed by atoms with E-state index in [4.69, 9.17) is 5.73 Å². The van der Waals surface area contributed by atoms with Crippen LogP contribution in [0.2, 0.25) is 0 Å².